The second-order valence-electron chi connectivity index (χ2n) is 4.57. The highest BCUT2D eigenvalue weighted by atomic mass is 15.1. The fourth-order valence-corrected chi connectivity index (χ4v) is 2.08. The Bertz CT molecular complexity index is 532. The molecule has 0 amide bonds. The Balaban J connectivity index is 2.20. The molecule has 19 heavy (non-hydrogen) atoms. The third-order valence-electron chi connectivity index (χ3n) is 2.85. The fraction of sp³-hybridized carbons (Fsp3) is 0.500. The van der Waals surface area contributed by atoms with Gasteiger partial charge in [-0.05, 0) is 26.3 Å². The topological polar surface area (TPSA) is 55.6 Å². The van der Waals surface area contributed by atoms with Gasteiger partial charge in [0.2, 0.25) is 5.95 Å². The van der Waals surface area contributed by atoms with E-state index in [2.05, 4.69) is 31.8 Å². The molecule has 0 radical (unpaired) electrons. The van der Waals surface area contributed by atoms with Gasteiger partial charge in [0, 0.05) is 37.6 Å². The second kappa shape index (κ2) is 6.31. The molecule has 0 bridgehead atoms. The van der Waals surface area contributed by atoms with E-state index in [1.807, 2.05) is 32.3 Å². The van der Waals surface area contributed by atoms with Crippen molar-refractivity contribution in [1.29, 1.82) is 0 Å². The molecule has 0 aliphatic rings. The summed E-state index contributed by atoms with van der Waals surface area (Å²) in [5.74, 6) is 1.76. The average Bonchev–Trinajstić information content (AvgIpc) is 2.77. The second-order valence-corrected chi connectivity index (χ2v) is 4.57. The molecule has 102 valence electrons. The van der Waals surface area contributed by atoms with E-state index in [1.54, 1.807) is 0 Å². The first-order chi connectivity index (χ1) is 9.22. The van der Waals surface area contributed by atoms with E-state index >= 15 is 0 Å². The third kappa shape index (κ3) is 3.53. The van der Waals surface area contributed by atoms with E-state index in [-0.39, 0.29) is 0 Å². The molecule has 0 spiro atoms. The summed E-state index contributed by atoms with van der Waals surface area (Å²) < 4.78 is 2.18. The van der Waals surface area contributed by atoms with Crippen LogP contribution in [0.15, 0.2) is 18.5 Å². The molecule has 5 heteroatoms. The maximum absolute atomic E-state index is 4.52. The van der Waals surface area contributed by atoms with Gasteiger partial charge < -0.3 is 9.88 Å². The van der Waals surface area contributed by atoms with Gasteiger partial charge in [0.05, 0.1) is 5.69 Å². The van der Waals surface area contributed by atoms with Gasteiger partial charge in [-0.25, -0.2) is 15.0 Å². The quantitative estimate of drug-likeness (QED) is 0.865. The van der Waals surface area contributed by atoms with E-state index in [0.29, 0.717) is 5.95 Å². The van der Waals surface area contributed by atoms with Gasteiger partial charge in [-0.15, -0.1) is 0 Å². The molecular weight excluding hydrogens is 238 g/mol. The highest BCUT2D eigenvalue weighted by molar-refractivity contribution is 5.28. The van der Waals surface area contributed by atoms with Crippen molar-refractivity contribution in [2.75, 3.05) is 11.9 Å². The molecule has 0 aliphatic carbocycles. The minimum Gasteiger partial charge on any atom is -0.354 e. The van der Waals surface area contributed by atoms with Crippen molar-refractivity contribution in [2.45, 2.75) is 40.2 Å². The maximum Gasteiger partial charge on any atom is 0.223 e. The highest BCUT2D eigenvalue weighted by Gasteiger charge is 2.07. The summed E-state index contributed by atoms with van der Waals surface area (Å²) >= 11 is 0. The molecule has 2 aromatic heterocycles. The van der Waals surface area contributed by atoms with Crippen molar-refractivity contribution in [3.63, 3.8) is 0 Å². The number of anilines is 1. The van der Waals surface area contributed by atoms with Gasteiger partial charge in [-0.1, -0.05) is 6.92 Å². The fourth-order valence-electron chi connectivity index (χ4n) is 2.08. The van der Waals surface area contributed by atoms with Crippen molar-refractivity contribution < 1.29 is 0 Å². The molecule has 0 fully saturated rings. The molecule has 1 N–H and O–H groups in total. The number of hydrogen-bond acceptors (Lipinski definition) is 4. The summed E-state index contributed by atoms with van der Waals surface area (Å²) in [5, 5.41) is 3.16. The van der Waals surface area contributed by atoms with Gasteiger partial charge in [0.1, 0.15) is 5.82 Å². The number of aryl methyl sites for hydroxylation is 2. The van der Waals surface area contributed by atoms with Crippen LogP contribution in [0.1, 0.15) is 37.5 Å². The normalized spacial score (nSPS) is 10.7. The predicted octanol–water partition coefficient (Wildman–Crippen LogP) is 2.41. The minimum atomic E-state index is 0.700. The molecule has 0 atom stereocenters. The van der Waals surface area contributed by atoms with E-state index in [0.717, 1.165) is 43.1 Å². The van der Waals surface area contributed by atoms with Gasteiger partial charge in [0.25, 0.3) is 0 Å². The molecule has 2 rings (SSSR count). The number of hydrogen-bond donors (Lipinski definition) is 1. The van der Waals surface area contributed by atoms with Crippen molar-refractivity contribution in [3.8, 4) is 0 Å². The molecule has 5 nitrogen and oxygen atoms in total. The van der Waals surface area contributed by atoms with Crippen LogP contribution in [0.4, 0.5) is 5.95 Å². The van der Waals surface area contributed by atoms with E-state index in [4.69, 9.17) is 0 Å². The molecule has 2 aromatic rings. The number of rotatable bonds is 6. The van der Waals surface area contributed by atoms with E-state index in [9.17, 15) is 0 Å². The van der Waals surface area contributed by atoms with Gasteiger partial charge in [0.15, 0.2) is 0 Å². The Morgan fingerprint density at radius 2 is 2.11 bits per heavy atom. The van der Waals surface area contributed by atoms with Gasteiger partial charge >= 0.3 is 0 Å². The minimum absolute atomic E-state index is 0.700. The van der Waals surface area contributed by atoms with Crippen molar-refractivity contribution in [3.05, 3.63) is 35.7 Å². The summed E-state index contributed by atoms with van der Waals surface area (Å²) in [4.78, 5) is 13.3. The Morgan fingerprint density at radius 3 is 2.84 bits per heavy atom. The lowest BCUT2D eigenvalue weighted by Crippen LogP contribution is -2.08. The van der Waals surface area contributed by atoms with Crippen LogP contribution < -0.4 is 5.32 Å². The number of aromatic nitrogens is 4. The monoisotopic (exact) mass is 259 g/mol. The van der Waals surface area contributed by atoms with Crippen molar-refractivity contribution >= 4 is 5.95 Å². The van der Waals surface area contributed by atoms with E-state index < -0.39 is 0 Å². The van der Waals surface area contributed by atoms with Crippen LogP contribution in [0.5, 0.6) is 0 Å². The summed E-state index contributed by atoms with van der Waals surface area (Å²) in [7, 11) is 0. The molecular formula is C14H21N5. The smallest absolute Gasteiger partial charge is 0.223 e. The third-order valence-corrected chi connectivity index (χ3v) is 2.85. The van der Waals surface area contributed by atoms with Crippen LogP contribution in [-0.2, 0) is 13.0 Å². The molecule has 2 heterocycles. The van der Waals surface area contributed by atoms with Crippen LogP contribution >= 0.6 is 0 Å². The van der Waals surface area contributed by atoms with Crippen LogP contribution in [0.3, 0.4) is 0 Å². The summed E-state index contributed by atoms with van der Waals surface area (Å²) in [5.41, 5.74) is 1.99. The Morgan fingerprint density at radius 1 is 1.26 bits per heavy atom. The molecule has 0 saturated heterocycles. The lowest BCUT2D eigenvalue weighted by atomic mass is 10.2. The zero-order valence-corrected chi connectivity index (χ0v) is 11.8. The number of nitrogens with one attached hydrogen (secondary N) is 1. The first kappa shape index (κ1) is 13.5. The zero-order valence-electron chi connectivity index (χ0n) is 11.8. The van der Waals surface area contributed by atoms with E-state index in [1.165, 1.54) is 0 Å². The van der Waals surface area contributed by atoms with Crippen LogP contribution in [-0.4, -0.2) is 26.1 Å². The standard InChI is InChI=1S/C14H21N5/c1-4-7-19-8-6-16-13(19)10-12-9-11(3)17-14(18-12)15-5-2/h6,8-9H,4-5,7,10H2,1-3H3,(H,15,17,18). The summed E-state index contributed by atoms with van der Waals surface area (Å²) in [6.07, 6.45) is 5.73. The van der Waals surface area contributed by atoms with Gasteiger partial charge in [-0.3, -0.25) is 0 Å². The van der Waals surface area contributed by atoms with Crippen molar-refractivity contribution in [1.82, 2.24) is 19.5 Å². The lowest BCUT2D eigenvalue weighted by molar-refractivity contribution is 0.644. The zero-order chi connectivity index (χ0) is 13.7. The molecule has 0 aromatic carbocycles. The first-order valence-corrected chi connectivity index (χ1v) is 6.81. The SMILES string of the molecule is CCCn1ccnc1Cc1cc(C)nc(NCC)n1. The highest BCUT2D eigenvalue weighted by Crippen LogP contribution is 2.10. The Hall–Kier alpha value is -1.91. The number of nitrogens with zero attached hydrogens (tertiary/aromatic N) is 4. The largest absolute Gasteiger partial charge is 0.354 e. The van der Waals surface area contributed by atoms with Crippen LogP contribution in [0.2, 0.25) is 0 Å². The molecule has 0 aliphatic heterocycles. The van der Waals surface area contributed by atoms with Crippen LogP contribution in [0, 0.1) is 6.92 Å². The molecule has 0 unspecified atom stereocenters. The van der Waals surface area contributed by atoms with Gasteiger partial charge in [-0.2, -0.15) is 0 Å². The number of imidazole rings is 1. The lowest BCUT2D eigenvalue weighted by Gasteiger charge is -2.08. The maximum atomic E-state index is 4.52. The predicted molar refractivity (Wildman–Crippen MR) is 76.3 cm³/mol. The Kier molecular flexibility index (Phi) is 4.49. The summed E-state index contributed by atoms with van der Waals surface area (Å²) in [6, 6.07) is 2.02. The van der Waals surface area contributed by atoms with Crippen LogP contribution in [0.25, 0.3) is 0 Å². The first-order valence-electron chi connectivity index (χ1n) is 6.81. The van der Waals surface area contributed by atoms with Crippen molar-refractivity contribution in [2.24, 2.45) is 0 Å². The molecule has 0 saturated carbocycles. The average molecular weight is 259 g/mol. The summed E-state index contributed by atoms with van der Waals surface area (Å²) in [6.45, 7) is 8.03. The Labute approximate surface area is 114 Å².